The minimum atomic E-state index is 0.906. The van der Waals surface area contributed by atoms with Crippen LogP contribution < -0.4 is 4.90 Å². The molecule has 3 heteroatoms. The number of hydrogen-bond acceptors (Lipinski definition) is 2. The molecule has 0 atom stereocenters. The smallest absolute Gasteiger partial charge is 0.136 e. The van der Waals surface area contributed by atoms with Crippen LogP contribution in [0.5, 0.6) is 0 Å². The molecule has 0 saturated carbocycles. The van der Waals surface area contributed by atoms with Gasteiger partial charge >= 0.3 is 0 Å². The molecule has 2 heterocycles. The van der Waals surface area contributed by atoms with Gasteiger partial charge in [-0.3, -0.25) is 0 Å². The Balaban J connectivity index is 0.767. The lowest BCUT2D eigenvalue weighted by molar-refractivity contribution is 0.669. The highest BCUT2D eigenvalue weighted by Gasteiger charge is 2.17. The van der Waals surface area contributed by atoms with Gasteiger partial charge in [0.15, 0.2) is 0 Å². The highest BCUT2D eigenvalue weighted by atomic mass is 16.3. The molecule has 12 aromatic carbocycles. The lowest BCUT2D eigenvalue weighted by Crippen LogP contribution is -2.09. The zero-order chi connectivity index (χ0) is 49.7. The summed E-state index contributed by atoms with van der Waals surface area (Å²) >= 11 is 0. The van der Waals surface area contributed by atoms with Gasteiger partial charge in [0.05, 0.1) is 11.0 Å². The van der Waals surface area contributed by atoms with Crippen LogP contribution in [0.3, 0.4) is 0 Å². The molecule has 0 saturated heterocycles. The maximum absolute atomic E-state index is 6.22. The van der Waals surface area contributed by atoms with Crippen molar-refractivity contribution in [2.24, 2.45) is 0 Å². The fourth-order valence-corrected chi connectivity index (χ4v) is 11.1. The number of fused-ring (bicyclic) bond motifs is 6. The van der Waals surface area contributed by atoms with E-state index in [1.54, 1.807) is 0 Å². The Morgan fingerprint density at radius 3 is 1.17 bits per heavy atom. The number of furan rings is 1. The number of rotatable bonds is 10. The third-order valence-electron chi connectivity index (χ3n) is 14.8. The number of hydrogen-bond donors (Lipinski definition) is 0. The Hall–Kier alpha value is -9.96. The van der Waals surface area contributed by atoms with Gasteiger partial charge in [-0.1, -0.05) is 212 Å². The minimum Gasteiger partial charge on any atom is -0.456 e. The van der Waals surface area contributed by atoms with Gasteiger partial charge in [-0.25, -0.2) is 0 Å². The van der Waals surface area contributed by atoms with Crippen molar-refractivity contribution in [3.05, 3.63) is 291 Å². The highest BCUT2D eigenvalue weighted by molar-refractivity contribution is 6.12. The largest absolute Gasteiger partial charge is 0.456 e. The van der Waals surface area contributed by atoms with Gasteiger partial charge in [0.2, 0.25) is 0 Å². The Bertz CT molecular complexity index is 4300. The van der Waals surface area contributed by atoms with Crippen molar-refractivity contribution in [3.8, 4) is 72.4 Å². The van der Waals surface area contributed by atoms with Crippen molar-refractivity contribution < 1.29 is 4.42 Å². The molecule has 14 aromatic rings. The van der Waals surface area contributed by atoms with E-state index in [0.717, 1.165) is 66.9 Å². The first kappa shape index (κ1) is 43.8. The van der Waals surface area contributed by atoms with Crippen LogP contribution in [0, 0.1) is 0 Å². The molecule has 0 aliphatic rings. The number of benzene rings is 12. The van der Waals surface area contributed by atoms with Crippen molar-refractivity contribution in [2.45, 2.75) is 0 Å². The molecule has 0 fully saturated rings. The fourth-order valence-electron chi connectivity index (χ4n) is 11.1. The summed E-state index contributed by atoms with van der Waals surface area (Å²) in [6.07, 6.45) is 0. The molecule has 75 heavy (non-hydrogen) atoms. The molecule has 0 bridgehead atoms. The monoisotopic (exact) mass is 956 g/mol. The number of para-hydroxylation sites is 3. The molecule has 352 valence electrons. The molecule has 0 N–H and O–H groups in total. The van der Waals surface area contributed by atoms with Crippen LogP contribution in [-0.4, -0.2) is 4.57 Å². The fraction of sp³-hybridized carbons (Fsp3) is 0. The predicted molar refractivity (Wildman–Crippen MR) is 315 cm³/mol. The average molecular weight is 957 g/mol. The van der Waals surface area contributed by atoms with Crippen LogP contribution in [0.4, 0.5) is 17.1 Å². The van der Waals surface area contributed by atoms with E-state index in [4.69, 9.17) is 4.42 Å². The van der Waals surface area contributed by atoms with E-state index in [9.17, 15) is 0 Å². The van der Waals surface area contributed by atoms with Crippen LogP contribution in [0.2, 0.25) is 0 Å². The first-order valence-corrected chi connectivity index (χ1v) is 25.6. The summed E-state index contributed by atoms with van der Waals surface area (Å²) in [6, 6.07) is 105. The molecule has 0 spiro atoms. The first-order chi connectivity index (χ1) is 37.2. The quantitative estimate of drug-likeness (QED) is 0.136. The van der Waals surface area contributed by atoms with E-state index < -0.39 is 0 Å². The summed E-state index contributed by atoms with van der Waals surface area (Å²) in [5.74, 6) is 0. The SMILES string of the molecule is c1ccc(-c2cccc(-c3ccc(N(c4ccc(-c5ccc(-c6cccc(-n7c8ccccc8c8ccccc87)c6)cc5)cc4)c4ccc(-c5ccc(-c6cccc7oc8ccccc8c67)cc5)cc4)cc3)c2)cc1. The summed E-state index contributed by atoms with van der Waals surface area (Å²) in [6.45, 7) is 0. The van der Waals surface area contributed by atoms with Crippen molar-refractivity contribution >= 4 is 60.8 Å². The zero-order valence-electron chi connectivity index (χ0n) is 41.0. The summed E-state index contributed by atoms with van der Waals surface area (Å²) < 4.78 is 8.60. The normalized spacial score (nSPS) is 11.5. The average Bonchev–Trinajstić information content (AvgIpc) is 4.05. The Morgan fingerprint density at radius 2 is 0.627 bits per heavy atom. The first-order valence-electron chi connectivity index (χ1n) is 25.6. The van der Waals surface area contributed by atoms with Gasteiger partial charge in [0, 0.05) is 44.3 Å². The van der Waals surface area contributed by atoms with Gasteiger partial charge in [-0.15, -0.1) is 0 Å². The molecule has 2 aromatic heterocycles. The van der Waals surface area contributed by atoms with Crippen molar-refractivity contribution in [1.29, 1.82) is 0 Å². The van der Waals surface area contributed by atoms with Crippen LogP contribution in [0.15, 0.2) is 296 Å². The molecule has 0 radical (unpaired) electrons. The lowest BCUT2D eigenvalue weighted by atomic mass is 9.97. The van der Waals surface area contributed by atoms with Crippen LogP contribution >= 0.6 is 0 Å². The Kier molecular flexibility index (Phi) is 10.8. The van der Waals surface area contributed by atoms with E-state index in [-0.39, 0.29) is 0 Å². The van der Waals surface area contributed by atoms with Gasteiger partial charge in [-0.2, -0.15) is 0 Å². The van der Waals surface area contributed by atoms with E-state index in [1.165, 1.54) is 66.3 Å². The van der Waals surface area contributed by atoms with Gasteiger partial charge in [0.1, 0.15) is 11.2 Å². The third kappa shape index (κ3) is 8.04. The molecular formula is C72H48N2O. The van der Waals surface area contributed by atoms with Crippen LogP contribution in [0.25, 0.3) is 116 Å². The van der Waals surface area contributed by atoms with Gasteiger partial charge in [0.25, 0.3) is 0 Å². The standard InChI is InChI=1S/C72H48N2O/c1-2-13-49(14-3-1)57-15-10-16-58(47-57)55-39-45-62(46-40-55)73(61-43-37-53(38-44-61)51-31-33-56(34-32-51)64-22-12-26-71-72(64)67-21-6-9-25-70(67)75-71)60-41-35-52(36-42-60)50-27-29-54(30-28-50)59-17-11-18-63(48-59)74-68-23-7-4-19-65(68)66-20-5-8-24-69(66)74/h1-48H. The molecule has 0 amide bonds. The van der Waals surface area contributed by atoms with Crippen LogP contribution in [-0.2, 0) is 0 Å². The Morgan fingerprint density at radius 1 is 0.253 bits per heavy atom. The highest BCUT2D eigenvalue weighted by Crippen LogP contribution is 2.41. The maximum Gasteiger partial charge on any atom is 0.136 e. The summed E-state index contributed by atoms with van der Waals surface area (Å²) in [4.78, 5) is 2.35. The number of nitrogens with zero attached hydrogens (tertiary/aromatic N) is 2. The molecular weight excluding hydrogens is 909 g/mol. The second kappa shape index (κ2) is 18.6. The lowest BCUT2D eigenvalue weighted by Gasteiger charge is -2.26. The number of anilines is 3. The molecule has 0 unspecified atom stereocenters. The zero-order valence-corrected chi connectivity index (χ0v) is 41.0. The second-order valence-corrected chi connectivity index (χ2v) is 19.3. The number of aromatic nitrogens is 1. The molecule has 3 nitrogen and oxygen atoms in total. The van der Waals surface area contributed by atoms with E-state index in [0.29, 0.717) is 0 Å². The summed E-state index contributed by atoms with van der Waals surface area (Å²) in [5.41, 5.74) is 22.7. The topological polar surface area (TPSA) is 21.3 Å². The van der Waals surface area contributed by atoms with Crippen LogP contribution in [0.1, 0.15) is 0 Å². The van der Waals surface area contributed by atoms with Crippen molar-refractivity contribution in [2.75, 3.05) is 4.90 Å². The van der Waals surface area contributed by atoms with Crippen molar-refractivity contribution in [3.63, 3.8) is 0 Å². The Labute approximate surface area is 436 Å². The van der Waals surface area contributed by atoms with Crippen molar-refractivity contribution in [1.82, 2.24) is 4.57 Å². The third-order valence-corrected chi connectivity index (χ3v) is 14.8. The summed E-state index contributed by atoms with van der Waals surface area (Å²) in [7, 11) is 0. The molecule has 0 aliphatic carbocycles. The molecule has 14 rings (SSSR count). The predicted octanol–water partition coefficient (Wildman–Crippen LogP) is 20.2. The van der Waals surface area contributed by atoms with Gasteiger partial charge in [-0.05, 0) is 146 Å². The second-order valence-electron chi connectivity index (χ2n) is 19.3. The van der Waals surface area contributed by atoms with E-state index in [1.807, 2.05) is 12.1 Å². The van der Waals surface area contributed by atoms with E-state index in [2.05, 4.69) is 289 Å². The minimum absolute atomic E-state index is 0.906. The molecule has 0 aliphatic heterocycles. The van der Waals surface area contributed by atoms with E-state index >= 15 is 0 Å². The summed E-state index contributed by atoms with van der Waals surface area (Å²) in [5, 5.41) is 4.82. The maximum atomic E-state index is 6.22. The van der Waals surface area contributed by atoms with Gasteiger partial charge < -0.3 is 13.9 Å².